The molecule has 104 valence electrons. The first-order valence-electron chi connectivity index (χ1n) is 6.13. The fourth-order valence-corrected chi connectivity index (χ4v) is 1.47. The molecule has 1 aromatic carbocycles. The number of amides is 1. The monoisotopic (exact) mass is 265 g/mol. The third-order valence-corrected chi connectivity index (χ3v) is 2.51. The van der Waals surface area contributed by atoms with Crippen molar-refractivity contribution < 1.29 is 14.7 Å². The average molecular weight is 265 g/mol. The van der Waals surface area contributed by atoms with Crippen LogP contribution in [0, 0.1) is 0 Å². The third kappa shape index (κ3) is 4.97. The van der Waals surface area contributed by atoms with E-state index in [9.17, 15) is 4.79 Å². The van der Waals surface area contributed by atoms with E-state index < -0.39 is 0 Å². The molecule has 1 rings (SSSR count). The first-order valence-corrected chi connectivity index (χ1v) is 6.13. The number of carbonyl (C=O) groups excluding carboxylic acids is 1. The minimum absolute atomic E-state index is 0.0173. The van der Waals surface area contributed by atoms with Crippen LogP contribution in [0.25, 0.3) is 0 Å². The second kappa shape index (κ2) is 8.10. The topological polar surface area (TPSA) is 96.9 Å². The van der Waals surface area contributed by atoms with Gasteiger partial charge in [-0.2, -0.15) is 0 Å². The number of nitrogens with zero attached hydrogens (tertiary/aromatic N) is 1. The average Bonchev–Trinajstić information content (AvgIpc) is 2.46. The fourth-order valence-electron chi connectivity index (χ4n) is 1.47. The molecule has 0 aliphatic carbocycles. The smallest absolute Gasteiger partial charge is 0.251 e. The molecule has 19 heavy (non-hydrogen) atoms. The van der Waals surface area contributed by atoms with Crippen molar-refractivity contribution in [1.29, 1.82) is 0 Å². The highest BCUT2D eigenvalue weighted by atomic mass is 16.5. The lowest BCUT2D eigenvalue weighted by Crippen LogP contribution is -2.25. The van der Waals surface area contributed by atoms with Gasteiger partial charge in [0.15, 0.2) is 5.84 Å². The molecule has 0 unspecified atom stereocenters. The van der Waals surface area contributed by atoms with Gasteiger partial charge in [0.1, 0.15) is 0 Å². The van der Waals surface area contributed by atoms with E-state index in [1.165, 1.54) is 0 Å². The molecule has 4 N–H and O–H groups in total. The number of amidine groups is 1. The van der Waals surface area contributed by atoms with Crippen LogP contribution in [0.3, 0.4) is 0 Å². The third-order valence-electron chi connectivity index (χ3n) is 2.51. The summed E-state index contributed by atoms with van der Waals surface area (Å²) in [6.07, 6.45) is 0.780. The van der Waals surface area contributed by atoms with Gasteiger partial charge in [-0.1, -0.05) is 17.3 Å². The summed E-state index contributed by atoms with van der Waals surface area (Å²) in [6, 6.07) is 6.52. The van der Waals surface area contributed by atoms with E-state index in [0.717, 1.165) is 6.42 Å². The molecule has 0 radical (unpaired) electrons. The largest absolute Gasteiger partial charge is 0.409 e. The summed E-state index contributed by atoms with van der Waals surface area (Å²) >= 11 is 0. The highest BCUT2D eigenvalue weighted by molar-refractivity contribution is 5.99. The van der Waals surface area contributed by atoms with Crippen molar-refractivity contribution in [3.8, 4) is 0 Å². The van der Waals surface area contributed by atoms with Crippen molar-refractivity contribution in [3.05, 3.63) is 35.4 Å². The molecular formula is C13H19N3O3. The van der Waals surface area contributed by atoms with E-state index in [4.69, 9.17) is 15.7 Å². The van der Waals surface area contributed by atoms with Gasteiger partial charge in [-0.05, 0) is 25.5 Å². The van der Waals surface area contributed by atoms with Gasteiger partial charge in [0.25, 0.3) is 5.91 Å². The SMILES string of the molecule is CCOCCCNC(=O)c1ccc(/C(N)=N/O)cc1. The van der Waals surface area contributed by atoms with Crippen molar-refractivity contribution in [2.45, 2.75) is 13.3 Å². The molecule has 0 aromatic heterocycles. The summed E-state index contributed by atoms with van der Waals surface area (Å²) < 4.78 is 5.17. The lowest BCUT2D eigenvalue weighted by Gasteiger charge is -2.06. The Hall–Kier alpha value is -2.08. The number of nitrogens with one attached hydrogen (secondary N) is 1. The Morgan fingerprint density at radius 2 is 2.00 bits per heavy atom. The van der Waals surface area contributed by atoms with Crippen molar-refractivity contribution in [2.75, 3.05) is 19.8 Å². The van der Waals surface area contributed by atoms with Gasteiger partial charge in [0.2, 0.25) is 0 Å². The zero-order valence-corrected chi connectivity index (χ0v) is 10.9. The van der Waals surface area contributed by atoms with Gasteiger partial charge in [-0.25, -0.2) is 0 Å². The number of nitrogens with two attached hydrogens (primary N) is 1. The van der Waals surface area contributed by atoms with Crippen LogP contribution in [0.5, 0.6) is 0 Å². The summed E-state index contributed by atoms with van der Waals surface area (Å²) in [7, 11) is 0. The van der Waals surface area contributed by atoms with Crippen molar-refractivity contribution >= 4 is 11.7 Å². The van der Waals surface area contributed by atoms with Crippen molar-refractivity contribution in [1.82, 2.24) is 5.32 Å². The van der Waals surface area contributed by atoms with Crippen LogP contribution in [0.4, 0.5) is 0 Å². The zero-order valence-electron chi connectivity index (χ0n) is 10.9. The van der Waals surface area contributed by atoms with E-state index in [0.29, 0.717) is 30.9 Å². The Balaban J connectivity index is 2.45. The normalized spacial score (nSPS) is 11.3. The van der Waals surface area contributed by atoms with Crippen LogP contribution >= 0.6 is 0 Å². The number of oxime groups is 1. The minimum Gasteiger partial charge on any atom is -0.409 e. The Morgan fingerprint density at radius 3 is 2.58 bits per heavy atom. The van der Waals surface area contributed by atoms with Gasteiger partial charge in [0, 0.05) is 30.9 Å². The Bertz CT molecular complexity index is 429. The van der Waals surface area contributed by atoms with Gasteiger partial charge < -0.3 is 21.0 Å². The molecule has 6 heteroatoms. The maximum absolute atomic E-state index is 11.8. The molecule has 1 aromatic rings. The van der Waals surface area contributed by atoms with Gasteiger partial charge in [0.05, 0.1) is 0 Å². The fraction of sp³-hybridized carbons (Fsp3) is 0.385. The molecule has 6 nitrogen and oxygen atoms in total. The predicted molar refractivity (Wildman–Crippen MR) is 72.4 cm³/mol. The second-order valence-electron chi connectivity index (χ2n) is 3.87. The van der Waals surface area contributed by atoms with Crippen LogP contribution in [-0.4, -0.2) is 36.7 Å². The summed E-state index contributed by atoms with van der Waals surface area (Å²) in [5.41, 5.74) is 6.53. The van der Waals surface area contributed by atoms with Crippen LogP contribution in [0.2, 0.25) is 0 Å². The molecule has 0 atom stereocenters. The number of hydrogen-bond acceptors (Lipinski definition) is 4. The number of hydrogen-bond donors (Lipinski definition) is 3. The Morgan fingerprint density at radius 1 is 1.37 bits per heavy atom. The molecule has 0 spiro atoms. The standard InChI is InChI=1S/C13H19N3O3/c1-2-19-9-3-8-15-13(17)11-6-4-10(5-7-11)12(14)16-18/h4-7,18H,2-3,8-9H2,1H3,(H2,14,16)(H,15,17). The first-order chi connectivity index (χ1) is 9.19. The molecular weight excluding hydrogens is 246 g/mol. The van der Waals surface area contributed by atoms with Gasteiger partial charge in [-0.3, -0.25) is 4.79 Å². The van der Waals surface area contributed by atoms with E-state index in [1.54, 1.807) is 24.3 Å². The highest BCUT2D eigenvalue weighted by Gasteiger charge is 2.05. The van der Waals surface area contributed by atoms with Gasteiger partial charge in [-0.15, -0.1) is 0 Å². The van der Waals surface area contributed by atoms with E-state index in [1.807, 2.05) is 6.92 Å². The first kappa shape index (κ1) is 15.0. The molecule has 1 amide bonds. The number of rotatable bonds is 7. The molecule has 0 saturated carbocycles. The molecule has 0 saturated heterocycles. The molecule has 0 aliphatic rings. The van der Waals surface area contributed by atoms with E-state index in [-0.39, 0.29) is 11.7 Å². The molecule has 0 fully saturated rings. The van der Waals surface area contributed by atoms with Crippen LogP contribution < -0.4 is 11.1 Å². The predicted octanol–water partition coefficient (Wildman–Crippen LogP) is 0.938. The van der Waals surface area contributed by atoms with Crippen LogP contribution in [-0.2, 0) is 4.74 Å². The maximum atomic E-state index is 11.8. The molecule has 0 aliphatic heterocycles. The summed E-state index contributed by atoms with van der Waals surface area (Å²) in [6.45, 7) is 3.82. The summed E-state index contributed by atoms with van der Waals surface area (Å²) in [4.78, 5) is 11.8. The zero-order chi connectivity index (χ0) is 14.1. The summed E-state index contributed by atoms with van der Waals surface area (Å²) in [5, 5.41) is 14.2. The lowest BCUT2D eigenvalue weighted by atomic mass is 10.1. The lowest BCUT2D eigenvalue weighted by molar-refractivity contribution is 0.0944. The summed E-state index contributed by atoms with van der Waals surface area (Å²) in [5.74, 6) is -0.133. The van der Waals surface area contributed by atoms with Crippen molar-refractivity contribution in [3.63, 3.8) is 0 Å². The quantitative estimate of drug-likeness (QED) is 0.225. The van der Waals surface area contributed by atoms with Gasteiger partial charge >= 0.3 is 0 Å². The number of carbonyl (C=O) groups is 1. The van der Waals surface area contributed by atoms with Crippen molar-refractivity contribution in [2.24, 2.45) is 10.9 Å². The maximum Gasteiger partial charge on any atom is 0.251 e. The Kier molecular flexibility index (Phi) is 6.38. The minimum atomic E-state index is -0.150. The second-order valence-corrected chi connectivity index (χ2v) is 3.87. The van der Waals surface area contributed by atoms with E-state index in [2.05, 4.69) is 10.5 Å². The molecule has 0 heterocycles. The van der Waals surface area contributed by atoms with E-state index >= 15 is 0 Å². The molecule has 0 bridgehead atoms. The number of ether oxygens (including phenoxy) is 1. The Labute approximate surface area is 112 Å². The number of benzene rings is 1. The van der Waals surface area contributed by atoms with Crippen LogP contribution in [0.1, 0.15) is 29.3 Å². The van der Waals surface area contributed by atoms with Crippen LogP contribution in [0.15, 0.2) is 29.4 Å². The highest BCUT2D eigenvalue weighted by Crippen LogP contribution is 2.04.